The van der Waals surface area contributed by atoms with Crippen LogP contribution in [0.15, 0.2) is 36.7 Å². The smallest absolute Gasteiger partial charge is 0.423 e. The van der Waals surface area contributed by atoms with E-state index in [9.17, 15) is 4.79 Å². The molecule has 0 atom stereocenters. The molecule has 0 saturated carbocycles. The molecule has 0 aliphatic rings. The number of nitrogen functional groups attached to an aromatic ring is 1. The highest BCUT2D eigenvalue weighted by molar-refractivity contribution is 7.23. The Morgan fingerprint density at radius 3 is 2.59 bits per heavy atom. The largest absolute Gasteiger partial charge is 0.499 e. The van der Waals surface area contributed by atoms with Gasteiger partial charge < -0.3 is 15.8 Å². The van der Waals surface area contributed by atoms with Gasteiger partial charge in [-0.05, 0) is 18.2 Å². The van der Waals surface area contributed by atoms with Crippen molar-refractivity contribution in [3.05, 3.63) is 41.5 Å². The number of pyridine rings is 1. The lowest BCUT2D eigenvalue weighted by molar-refractivity contribution is 0.0952. The lowest BCUT2D eigenvalue weighted by atomic mass is 9.90. The predicted molar refractivity (Wildman–Crippen MR) is 81.5 cm³/mol. The van der Waals surface area contributed by atoms with Gasteiger partial charge in [0.15, 0.2) is 5.82 Å². The first-order valence-corrected chi connectivity index (χ1v) is 7.01. The van der Waals surface area contributed by atoms with Crippen LogP contribution in [0, 0.1) is 0 Å². The Morgan fingerprint density at radius 2 is 1.95 bits per heavy atom. The number of hydrogen-bond acceptors (Lipinski definition) is 8. The van der Waals surface area contributed by atoms with Gasteiger partial charge in [-0.1, -0.05) is 6.07 Å². The third-order valence-corrected chi connectivity index (χ3v) is 3.97. The Labute approximate surface area is 129 Å². The molecule has 0 aliphatic heterocycles. The average Bonchev–Trinajstić information content (AvgIpc) is 3.14. The van der Waals surface area contributed by atoms with Crippen molar-refractivity contribution < 1.29 is 14.8 Å². The fourth-order valence-corrected chi connectivity index (χ4v) is 2.61. The standard InChI is InChI=1S/C12H10BN5O3S/c14-12-16-10(7-3-5-15-6-4-7)17-18(12)11(19)8-1-2-9(22-8)13(20)21/h1-6,20-21H,(H2,14,16,17). The van der Waals surface area contributed by atoms with Gasteiger partial charge in [-0.3, -0.25) is 9.78 Å². The van der Waals surface area contributed by atoms with Crippen LogP contribution in [0.3, 0.4) is 0 Å². The Bertz CT molecular complexity index is 817. The van der Waals surface area contributed by atoms with Gasteiger partial charge in [0.1, 0.15) is 0 Å². The summed E-state index contributed by atoms with van der Waals surface area (Å²) in [4.78, 5) is 20.6. The molecule has 110 valence electrons. The summed E-state index contributed by atoms with van der Waals surface area (Å²) in [7, 11) is -1.62. The third-order valence-electron chi connectivity index (χ3n) is 2.86. The lowest BCUT2D eigenvalue weighted by Crippen LogP contribution is -2.26. The number of aromatic nitrogens is 4. The molecule has 3 aromatic heterocycles. The summed E-state index contributed by atoms with van der Waals surface area (Å²) in [6.45, 7) is 0. The summed E-state index contributed by atoms with van der Waals surface area (Å²) < 4.78 is 1.24. The van der Waals surface area contributed by atoms with E-state index in [0.29, 0.717) is 11.4 Å². The van der Waals surface area contributed by atoms with Crippen molar-refractivity contribution in [2.75, 3.05) is 5.73 Å². The molecular weight excluding hydrogens is 305 g/mol. The van der Waals surface area contributed by atoms with Crippen molar-refractivity contribution in [2.24, 2.45) is 0 Å². The van der Waals surface area contributed by atoms with Crippen molar-refractivity contribution in [2.45, 2.75) is 0 Å². The third kappa shape index (κ3) is 2.62. The summed E-state index contributed by atoms with van der Waals surface area (Å²) in [6.07, 6.45) is 3.17. The molecule has 22 heavy (non-hydrogen) atoms. The second-order valence-electron chi connectivity index (χ2n) is 4.32. The molecule has 0 amide bonds. The summed E-state index contributed by atoms with van der Waals surface area (Å²) >= 11 is 0.954. The number of rotatable bonds is 3. The van der Waals surface area contributed by atoms with E-state index in [0.717, 1.165) is 16.0 Å². The van der Waals surface area contributed by atoms with Crippen LogP contribution in [-0.2, 0) is 0 Å². The van der Waals surface area contributed by atoms with Crippen LogP contribution in [0.5, 0.6) is 0 Å². The van der Waals surface area contributed by atoms with Gasteiger partial charge in [0.25, 0.3) is 5.91 Å². The van der Waals surface area contributed by atoms with E-state index in [2.05, 4.69) is 15.1 Å². The summed E-state index contributed by atoms with van der Waals surface area (Å²) in [6, 6.07) is 6.35. The number of carbonyl (C=O) groups excluding carboxylic acids is 1. The molecular formula is C12H10BN5O3S. The maximum Gasteiger partial charge on any atom is 0.499 e. The Balaban J connectivity index is 1.94. The summed E-state index contributed by atoms with van der Waals surface area (Å²) in [5.74, 6) is -0.217. The van der Waals surface area contributed by atoms with Crippen LogP contribution in [0.2, 0.25) is 0 Å². The minimum Gasteiger partial charge on any atom is -0.423 e. The van der Waals surface area contributed by atoms with E-state index in [4.69, 9.17) is 15.8 Å². The number of nitrogens with zero attached hydrogens (tertiary/aromatic N) is 4. The van der Waals surface area contributed by atoms with E-state index in [1.165, 1.54) is 12.1 Å². The first-order chi connectivity index (χ1) is 10.6. The molecule has 0 bridgehead atoms. The first kappa shape index (κ1) is 14.4. The van der Waals surface area contributed by atoms with Crippen LogP contribution in [0.4, 0.5) is 5.95 Å². The number of anilines is 1. The monoisotopic (exact) mass is 315 g/mol. The Hall–Kier alpha value is -2.56. The quantitative estimate of drug-likeness (QED) is 0.548. The van der Waals surface area contributed by atoms with Gasteiger partial charge in [-0.25, -0.2) is 0 Å². The van der Waals surface area contributed by atoms with Gasteiger partial charge in [0.2, 0.25) is 5.95 Å². The molecule has 3 heterocycles. The van der Waals surface area contributed by atoms with Crippen molar-refractivity contribution >= 4 is 35.1 Å². The lowest BCUT2D eigenvalue weighted by Gasteiger charge is -1.98. The van der Waals surface area contributed by atoms with Gasteiger partial charge in [-0.2, -0.15) is 9.67 Å². The van der Waals surface area contributed by atoms with E-state index in [1.54, 1.807) is 24.5 Å². The number of nitrogens with two attached hydrogens (primary N) is 1. The molecule has 0 saturated heterocycles. The van der Waals surface area contributed by atoms with E-state index in [-0.39, 0.29) is 15.6 Å². The zero-order valence-corrected chi connectivity index (χ0v) is 11.9. The maximum atomic E-state index is 12.4. The molecule has 0 spiro atoms. The van der Waals surface area contributed by atoms with Gasteiger partial charge in [0, 0.05) is 22.7 Å². The zero-order valence-electron chi connectivity index (χ0n) is 11.1. The molecule has 0 aromatic carbocycles. The van der Waals surface area contributed by atoms with E-state index >= 15 is 0 Å². The number of thiophene rings is 1. The number of hydrogen-bond donors (Lipinski definition) is 3. The molecule has 0 aliphatic carbocycles. The minimum atomic E-state index is -1.62. The normalized spacial score (nSPS) is 10.6. The van der Waals surface area contributed by atoms with Crippen molar-refractivity contribution in [3.8, 4) is 11.4 Å². The van der Waals surface area contributed by atoms with Gasteiger partial charge in [-0.15, -0.1) is 16.4 Å². The topological polar surface area (TPSA) is 127 Å². The zero-order chi connectivity index (χ0) is 15.7. The van der Waals surface area contributed by atoms with Gasteiger partial charge >= 0.3 is 7.12 Å². The highest BCUT2D eigenvalue weighted by Gasteiger charge is 2.21. The number of carbonyl (C=O) groups is 1. The maximum absolute atomic E-state index is 12.4. The van der Waals surface area contributed by atoms with Crippen LogP contribution in [-0.4, -0.2) is 42.8 Å². The van der Waals surface area contributed by atoms with E-state index < -0.39 is 13.0 Å². The molecule has 3 aromatic rings. The van der Waals surface area contributed by atoms with Crippen molar-refractivity contribution in [1.82, 2.24) is 19.7 Å². The average molecular weight is 315 g/mol. The minimum absolute atomic E-state index is 0.0451. The van der Waals surface area contributed by atoms with Crippen LogP contribution < -0.4 is 10.5 Å². The highest BCUT2D eigenvalue weighted by atomic mass is 32.1. The molecule has 4 N–H and O–H groups in total. The molecule has 0 unspecified atom stereocenters. The van der Waals surface area contributed by atoms with Crippen molar-refractivity contribution in [1.29, 1.82) is 0 Å². The van der Waals surface area contributed by atoms with E-state index in [1.807, 2.05) is 0 Å². The molecule has 0 fully saturated rings. The second-order valence-corrected chi connectivity index (χ2v) is 5.44. The van der Waals surface area contributed by atoms with Crippen molar-refractivity contribution in [3.63, 3.8) is 0 Å². The van der Waals surface area contributed by atoms with Crippen LogP contribution in [0.1, 0.15) is 9.67 Å². The van der Waals surface area contributed by atoms with Gasteiger partial charge in [0.05, 0.1) is 4.88 Å². The fourth-order valence-electron chi connectivity index (χ4n) is 1.81. The second kappa shape index (κ2) is 5.68. The molecule has 3 rings (SSSR count). The first-order valence-electron chi connectivity index (χ1n) is 6.20. The molecule has 0 radical (unpaired) electrons. The molecule has 8 nitrogen and oxygen atoms in total. The van der Waals surface area contributed by atoms with Crippen LogP contribution in [0.25, 0.3) is 11.4 Å². The predicted octanol–water partition coefficient (Wildman–Crippen LogP) is -0.648. The van der Waals surface area contributed by atoms with Crippen LogP contribution >= 0.6 is 11.3 Å². The fraction of sp³-hybridized carbons (Fsp3) is 0. The Kier molecular flexibility index (Phi) is 3.71. The summed E-state index contributed by atoms with van der Waals surface area (Å²) in [5, 5.41) is 22.3. The SMILES string of the molecule is Nc1nc(-c2ccncc2)nn1C(=O)c1ccc(B(O)O)s1. The highest BCUT2D eigenvalue weighted by Crippen LogP contribution is 2.17. The summed E-state index contributed by atoms with van der Waals surface area (Å²) in [5.41, 5.74) is 6.43. The Morgan fingerprint density at radius 1 is 1.23 bits per heavy atom. The molecule has 10 heteroatoms.